The molecule has 15 fully saturated rings. The van der Waals surface area contributed by atoms with E-state index in [0.717, 1.165) is 112 Å². The van der Waals surface area contributed by atoms with Gasteiger partial charge in [0.05, 0.1) is 18.8 Å². The van der Waals surface area contributed by atoms with Crippen molar-refractivity contribution in [3.05, 3.63) is 216 Å². The second-order valence-electron chi connectivity index (χ2n) is 48.1. The first-order valence-corrected chi connectivity index (χ1v) is 52.2. The summed E-state index contributed by atoms with van der Waals surface area (Å²) in [6.07, 6.45) is 87.3. The Bertz CT molecular complexity index is 5250. The highest BCUT2D eigenvalue weighted by Gasteiger charge is 2.63. The average Bonchev–Trinajstić information content (AvgIpc) is 1.53. The Hall–Kier alpha value is -8.16. The maximum atomic E-state index is 12.1. The van der Waals surface area contributed by atoms with Gasteiger partial charge in [0.25, 0.3) is 0 Å². The molecule has 27 atom stereocenters. The van der Waals surface area contributed by atoms with Crippen LogP contribution in [0, 0.1) is 149 Å². The van der Waals surface area contributed by atoms with Gasteiger partial charge in [-0.3, -0.25) is 29.3 Å². The first-order valence-electron chi connectivity index (χ1n) is 52.2. The number of nitrogens with zero attached hydrogens (tertiary/aromatic N) is 7. The van der Waals surface area contributed by atoms with Crippen molar-refractivity contribution in [2.75, 3.05) is 13.1 Å². The molecule has 18 aliphatic carbocycles. The van der Waals surface area contributed by atoms with E-state index in [9.17, 15) is 19.5 Å². The highest BCUT2D eigenvalue weighted by atomic mass is 16.3. The smallest absolute Gasteiger partial charge is 0.220 e. The van der Waals surface area contributed by atoms with Crippen molar-refractivity contribution < 1.29 is 19.5 Å². The van der Waals surface area contributed by atoms with E-state index in [1.807, 2.05) is 74.4 Å². The number of imidazole rings is 2. The molecule has 2 saturated heterocycles. The second kappa shape index (κ2) is 33.7. The van der Waals surface area contributed by atoms with Crippen LogP contribution < -0.4 is 10.6 Å². The summed E-state index contributed by atoms with van der Waals surface area (Å²) < 4.78 is 4.47. The van der Waals surface area contributed by atoms with Gasteiger partial charge in [0.15, 0.2) is 0 Å². The molecule has 5 aromatic rings. The summed E-state index contributed by atoms with van der Waals surface area (Å²) in [4.78, 5) is 57.8. The molecule has 3 N–H and O–H groups in total. The highest BCUT2D eigenvalue weighted by molar-refractivity contribution is 5.82. The zero-order chi connectivity index (χ0) is 89.7. The Morgan fingerprint density at radius 1 is 0.346 bits per heavy atom. The quantitative estimate of drug-likeness (QED) is 0.155. The third kappa shape index (κ3) is 14.5. The zero-order valence-corrected chi connectivity index (χ0v) is 80.5. The molecule has 130 heavy (non-hydrogen) atoms. The number of hydrogen-bond donors (Lipinski definition) is 3. The van der Waals surface area contributed by atoms with E-state index in [0.29, 0.717) is 86.6 Å². The minimum atomic E-state index is -0.0521. The number of aliphatic hydroxyl groups is 1. The van der Waals surface area contributed by atoms with Crippen molar-refractivity contribution in [2.24, 2.45) is 149 Å². The van der Waals surface area contributed by atoms with Gasteiger partial charge in [-0.25, -0.2) is 9.97 Å². The van der Waals surface area contributed by atoms with E-state index in [1.165, 1.54) is 199 Å². The number of aliphatic hydroxyl groups excluding tert-OH is 1. The minimum Gasteiger partial charge on any atom is -0.393 e. The third-order valence-electron chi connectivity index (χ3n) is 42.7. The van der Waals surface area contributed by atoms with Gasteiger partial charge in [-0.05, 0) is 365 Å². The molecule has 2 aliphatic heterocycles. The molecular formula is C117H151N9O4. The van der Waals surface area contributed by atoms with E-state index in [1.54, 1.807) is 27.9 Å². The van der Waals surface area contributed by atoms with Crippen LogP contribution in [-0.4, -0.2) is 76.0 Å². The van der Waals surface area contributed by atoms with Gasteiger partial charge in [-0.15, -0.1) is 0 Å². The van der Waals surface area contributed by atoms with Crippen LogP contribution in [-0.2, 0) is 14.4 Å². The van der Waals surface area contributed by atoms with Crippen LogP contribution in [0.4, 0.5) is 0 Å². The Morgan fingerprint density at radius 2 is 0.723 bits per heavy atom. The largest absolute Gasteiger partial charge is 0.393 e. The summed E-state index contributed by atoms with van der Waals surface area (Å²) in [6, 6.07) is 12.8. The van der Waals surface area contributed by atoms with Crippen LogP contribution in [0.2, 0.25) is 0 Å². The van der Waals surface area contributed by atoms with Crippen molar-refractivity contribution in [3.63, 3.8) is 0 Å². The fourth-order valence-electron chi connectivity index (χ4n) is 35.0. The molecule has 0 bridgehead atoms. The average molecular weight is 1750 g/mol. The SMILES string of the molecule is C[C@H]1CC[C@@]2(C)[C@@H](CC[C@H]3C4=CC=C(n5ccnc5)[C@@]4(C)CC[C@@H]32)C1.C[C@]12CC[C@H]3[C@@H](CC[C@H]4CC(=O)CC[C@@]43C)C1=CC=C2c1cccnc1.C[C@]12CC[C@H]3[C@@H](CC[C@H]4CC(=O)NCC[C@@]43C)C1=CC=C2c1cccnc1.C[C@]12CC[C@H]3[C@@H](CC[C@H]4CNC(=O)CC[C@@]43C)C1=CC=C2c1cccnc1.C[C@]12CC[C@H]3[C@@H](CC[C@H]4C[C@@H](O)CC[C@@]43C)C1=CC=C2n1ccnc1. The minimum absolute atomic E-state index is 0.0521. The van der Waals surface area contributed by atoms with Gasteiger partial charge in [-0.1, -0.05) is 177 Å². The molecule has 7 heterocycles. The Kier molecular flexibility index (Phi) is 22.9. The van der Waals surface area contributed by atoms with Gasteiger partial charge < -0.3 is 24.9 Å². The molecular weight excluding hydrogens is 1600 g/mol. The zero-order valence-electron chi connectivity index (χ0n) is 80.5. The van der Waals surface area contributed by atoms with Crippen molar-refractivity contribution in [3.8, 4) is 0 Å². The Morgan fingerprint density at radius 3 is 1.16 bits per heavy atom. The molecule has 0 unspecified atom stereocenters. The molecule has 688 valence electrons. The van der Waals surface area contributed by atoms with Gasteiger partial charge >= 0.3 is 0 Å². The molecule has 13 nitrogen and oxygen atoms in total. The van der Waals surface area contributed by atoms with Crippen molar-refractivity contribution in [2.45, 2.75) is 294 Å². The van der Waals surface area contributed by atoms with Crippen LogP contribution in [0.1, 0.15) is 305 Å². The van der Waals surface area contributed by atoms with Gasteiger partial charge in [0.2, 0.25) is 11.8 Å². The lowest BCUT2D eigenvalue weighted by Gasteiger charge is -2.59. The van der Waals surface area contributed by atoms with Crippen LogP contribution in [0.15, 0.2) is 200 Å². The molecule has 0 aromatic carbocycles. The van der Waals surface area contributed by atoms with E-state index < -0.39 is 0 Å². The number of allylic oxidation sites excluding steroid dienone is 20. The molecule has 13 heteroatoms. The lowest BCUT2D eigenvalue weighted by atomic mass is 9.46. The lowest BCUT2D eigenvalue weighted by Crippen LogP contribution is -2.51. The molecule has 13 saturated carbocycles. The van der Waals surface area contributed by atoms with Crippen LogP contribution >= 0.6 is 0 Å². The number of hydrogen-bond acceptors (Lipinski definition) is 9. The molecule has 20 aliphatic rings. The summed E-state index contributed by atoms with van der Waals surface area (Å²) in [5.74, 6) is 13.0. The van der Waals surface area contributed by atoms with E-state index in [2.05, 4.69) is 218 Å². The second-order valence-corrected chi connectivity index (χ2v) is 48.1. The lowest BCUT2D eigenvalue weighted by molar-refractivity contribution is -0.130. The first kappa shape index (κ1) is 88.4. The van der Waals surface area contributed by atoms with Crippen molar-refractivity contribution >= 4 is 45.7 Å². The van der Waals surface area contributed by atoms with E-state index in [4.69, 9.17) is 0 Å². The number of carbonyl (C=O) groups excluding carboxylic acids is 3. The number of nitrogens with one attached hydrogen (secondary N) is 2. The monoisotopic (exact) mass is 1750 g/mol. The number of amides is 2. The van der Waals surface area contributed by atoms with Crippen LogP contribution in [0.5, 0.6) is 0 Å². The number of fused-ring (bicyclic) bond motifs is 25. The molecule has 25 rings (SSSR count). The Labute approximate surface area is 777 Å². The molecule has 5 aromatic heterocycles. The van der Waals surface area contributed by atoms with E-state index in [-0.39, 0.29) is 45.0 Å². The highest BCUT2D eigenvalue weighted by Crippen LogP contribution is 2.73. The predicted molar refractivity (Wildman–Crippen MR) is 522 cm³/mol. The number of carbonyl (C=O) groups is 3. The summed E-state index contributed by atoms with van der Waals surface area (Å²) in [6.45, 7) is 29.2. The molecule has 0 radical (unpaired) electrons. The number of pyridine rings is 3. The molecule has 2 amide bonds. The van der Waals surface area contributed by atoms with E-state index >= 15 is 0 Å². The van der Waals surface area contributed by atoms with Crippen molar-refractivity contribution in [1.29, 1.82) is 0 Å². The third-order valence-corrected chi connectivity index (χ3v) is 42.7. The maximum absolute atomic E-state index is 12.1. The first-order chi connectivity index (χ1) is 62.6. The van der Waals surface area contributed by atoms with Gasteiger partial charge in [0.1, 0.15) is 5.78 Å². The van der Waals surface area contributed by atoms with Gasteiger partial charge in [-0.2, -0.15) is 0 Å². The normalized spacial score (nSPS) is 42.9. The fourth-order valence-corrected chi connectivity index (χ4v) is 35.0. The van der Waals surface area contributed by atoms with Gasteiger partial charge in [0, 0.05) is 139 Å². The predicted octanol–water partition coefficient (Wildman–Crippen LogP) is 25.7. The summed E-state index contributed by atoms with van der Waals surface area (Å²) in [7, 11) is 0. The maximum Gasteiger partial charge on any atom is 0.220 e. The summed E-state index contributed by atoms with van der Waals surface area (Å²) in [5.41, 5.74) is 22.3. The van der Waals surface area contributed by atoms with Crippen LogP contribution in [0.3, 0.4) is 0 Å². The number of Topliss-reactive ketones (excluding diaryl/α,β-unsaturated/α-hetero) is 1. The number of aromatic nitrogens is 7. The number of ketones is 1. The molecule has 0 spiro atoms. The number of rotatable bonds is 5. The van der Waals surface area contributed by atoms with Crippen LogP contribution in [0.25, 0.3) is 28.1 Å². The Balaban J connectivity index is 0.0000000984. The summed E-state index contributed by atoms with van der Waals surface area (Å²) >= 11 is 0. The standard InChI is InChI=1S/2C24H30N2O.C24H29NO.C23H32N2.C22H30N2O/c1-23-12-10-22(27)26-15-17(23)5-6-18-20-8-7-19(16-4-3-13-25-14-16)24(20,2)11-9-21(18)23;1-23-11-13-26-22(27)14-17(23)5-6-18-20-8-7-19(16-4-3-12-25-15-16)24(20,2)10-9-21(18)23;1-23-11-9-18(26)14-17(23)5-6-19-21-8-7-20(16-4-3-13-25-15-16)24(21,2)12-10-22(19)23;1-16-8-10-22(2)17(14-16)4-5-18-19-6-7-21(25-13-12-24-15-25)23(19,3)11-9-20(18)22;1-21-9-7-16(25)13-15(21)3-4-17-18-5-6-20(24-12-11-23-14-24)22(18,2)10-8-19(17)21/h3-4,7-8,13-14,17-18,21H,5-6,9-12,15H2,1-2H3,(H,26,27);3-4,7-8,12,15,17-18,21H,5-6,9-11,13-14H2,1-2H3,(H,26,27);3-4,7-8,13,15,17,19,22H,5-6,9-12,14H2,1-2H3;6-7,12-13,15-18,20H,4-5,8-11,14H2,1-3H3;5-6,11-12,14-17,19,25H,3-4,7-10,13H2,1-2H3/t2*17-,18-,21-,23-,24+;17-,19-,22-,23-,24+;16-,17-,18-,20-,22-,23-;15-,16-,17-,19-,21-,22-/m00000/s1. The topological polar surface area (TPSA) is 170 Å². The fraction of sp³-hybridized carbons (Fsp3) is 0.624. The van der Waals surface area contributed by atoms with Crippen molar-refractivity contribution in [1.82, 2.24) is 44.7 Å². The summed E-state index contributed by atoms with van der Waals surface area (Å²) in [5, 5.41) is 16.5.